The van der Waals surface area contributed by atoms with Crippen LogP contribution in [0, 0.1) is 0 Å². The summed E-state index contributed by atoms with van der Waals surface area (Å²) < 4.78 is 4.90. The number of carboxylic acid groups (broad SMARTS) is 1. The number of aromatic nitrogens is 2. The minimum atomic E-state index is -1.04. The van der Waals surface area contributed by atoms with Gasteiger partial charge in [0.2, 0.25) is 5.88 Å². The van der Waals surface area contributed by atoms with Crippen molar-refractivity contribution in [2.24, 2.45) is 0 Å². The van der Waals surface area contributed by atoms with Crippen molar-refractivity contribution in [3.05, 3.63) is 29.3 Å². The van der Waals surface area contributed by atoms with E-state index in [1.54, 1.807) is 18.3 Å². The summed E-state index contributed by atoms with van der Waals surface area (Å²) in [5, 5.41) is 9.46. The highest BCUT2D eigenvalue weighted by Gasteiger charge is 2.19. The number of hydrogen-bond acceptors (Lipinski definition) is 5. The molecule has 6 heteroatoms. The number of pyridine rings is 1. The van der Waals surface area contributed by atoms with Crippen molar-refractivity contribution in [3.63, 3.8) is 0 Å². The highest BCUT2D eigenvalue weighted by atomic mass is 32.1. The molecule has 2 aromatic rings. The molecule has 0 aliphatic carbocycles. The molecular formula is C10H8N2O3S. The van der Waals surface area contributed by atoms with Crippen molar-refractivity contribution < 1.29 is 14.6 Å². The molecule has 0 aromatic carbocycles. The van der Waals surface area contributed by atoms with E-state index in [1.165, 1.54) is 7.11 Å². The Hall–Kier alpha value is -1.95. The van der Waals surface area contributed by atoms with Crippen LogP contribution in [0.2, 0.25) is 0 Å². The highest BCUT2D eigenvalue weighted by Crippen LogP contribution is 2.30. The topological polar surface area (TPSA) is 72.3 Å². The van der Waals surface area contributed by atoms with E-state index < -0.39 is 5.97 Å². The number of rotatable bonds is 3. The molecule has 5 nitrogen and oxygen atoms in total. The van der Waals surface area contributed by atoms with E-state index in [9.17, 15) is 4.79 Å². The number of ether oxygens (including phenoxy) is 1. The summed E-state index contributed by atoms with van der Waals surface area (Å²) in [5.74, 6) is -0.922. The Morgan fingerprint density at radius 2 is 2.31 bits per heavy atom. The Morgan fingerprint density at radius 3 is 2.81 bits per heavy atom. The van der Waals surface area contributed by atoms with E-state index in [0.29, 0.717) is 10.7 Å². The molecule has 0 fully saturated rings. The van der Waals surface area contributed by atoms with Gasteiger partial charge in [0, 0.05) is 6.20 Å². The molecule has 0 unspecified atom stereocenters. The zero-order valence-electron chi connectivity index (χ0n) is 8.38. The second-order valence-electron chi connectivity index (χ2n) is 2.88. The summed E-state index contributed by atoms with van der Waals surface area (Å²) in [4.78, 5) is 19.2. The summed E-state index contributed by atoms with van der Waals surface area (Å²) in [6, 6.07) is 5.37. The zero-order valence-corrected chi connectivity index (χ0v) is 9.19. The molecule has 0 saturated heterocycles. The van der Waals surface area contributed by atoms with Gasteiger partial charge in [-0.25, -0.2) is 4.79 Å². The van der Waals surface area contributed by atoms with Crippen LogP contribution in [-0.2, 0) is 0 Å². The average molecular weight is 236 g/mol. The van der Waals surface area contributed by atoms with Gasteiger partial charge in [0.1, 0.15) is 5.01 Å². The van der Waals surface area contributed by atoms with Gasteiger partial charge in [-0.2, -0.15) is 4.98 Å². The van der Waals surface area contributed by atoms with Gasteiger partial charge in [-0.1, -0.05) is 6.07 Å². The SMILES string of the molecule is COc1nc(-c2ccccn2)sc1C(=O)O. The first kappa shape index (κ1) is 10.6. The van der Waals surface area contributed by atoms with Crippen molar-refractivity contribution in [2.75, 3.05) is 7.11 Å². The lowest BCUT2D eigenvalue weighted by Crippen LogP contribution is -1.95. The number of aromatic carboxylic acids is 1. The fourth-order valence-corrected chi connectivity index (χ4v) is 2.03. The third-order valence-corrected chi connectivity index (χ3v) is 2.91. The third kappa shape index (κ3) is 1.87. The molecule has 1 N–H and O–H groups in total. The van der Waals surface area contributed by atoms with Gasteiger partial charge >= 0.3 is 5.97 Å². The van der Waals surface area contributed by atoms with Gasteiger partial charge in [-0.05, 0) is 12.1 Å². The van der Waals surface area contributed by atoms with Crippen LogP contribution in [0.1, 0.15) is 9.67 Å². The molecule has 16 heavy (non-hydrogen) atoms. The van der Waals surface area contributed by atoms with Crippen molar-refractivity contribution in [2.45, 2.75) is 0 Å². The van der Waals surface area contributed by atoms with Crippen LogP contribution in [0.25, 0.3) is 10.7 Å². The van der Waals surface area contributed by atoms with Crippen molar-refractivity contribution in [3.8, 4) is 16.6 Å². The van der Waals surface area contributed by atoms with E-state index in [1.807, 2.05) is 6.07 Å². The van der Waals surface area contributed by atoms with E-state index in [-0.39, 0.29) is 10.8 Å². The molecule has 2 aromatic heterocycles. The van der Waals surface area contributed by atoms with Gasteiger partial charge < -0.3 is 9.84 Å². The molecule has 0 bridgehead atoms. The van der Waals surface area contributed by atoms with Crippen LogP contribution in [-0.4, -0.2) is 28.2 Å². The Labute approximate surface area is 95.4 Å². The van der Waals surface area contributed by atoms with Gasteiger partial charge in [0.15, 0.2) is 4.88 Å². The number of carboxylic acids is 1. The fraction of sp³-hybridized carbons (Fsp3) is 0.100. The highest BCUT2D eigenvalue weighted by molar-refractivity contribution is 7.17. The minimum absolute atomic E-state index is 0.0863. The molecule has 2 heterocycles. The molecule has 0 aliphatic rings. The fourth-order valence-electron chi connectivity index (χ4n) is 1.18. The second kappa shape index (κ2) is 4.28. The standard InChI is InChI=1S/C10H8N2O3S/c1-15-8-7(10(13)14)16-9(12-8)6-4-2-3-5-11-6/h2-5H,1H3,(H,13,14). The summed E-state index contributed by atoms with van der Waals surface area (Å²) in [5.41, 5.74) is 0.637. The summed E-state index contributed by atoms with van der Waals surface area (Å²) in [6.45, 7) is 0. The lowest BCUT2D eigenvalue weighted by Gasteiger charge is -1.93. The average Bonchev–Trinajstić information content (AvgIpc) is 2.74. The predicted octanol–water partition coefficient (Wildman–Crippen LogP) is 1.91. The van der Waals surface area contributed by atoms with Crippen LogP contribution in [0.3, 0.4) is 0 Å². The van der Waals surface area contributed by atoms with E-state index >= 15 is 0 Å². The maximum absolute atomic E-state index is 10.9. The molecule has 0 spiro atoms. The molecule has 2 rings (SSSR count). The monoisotopic (exact) mass is 236 g/mol. The van der Waals surface area contributed by atoms with Gasteiger partial charge in [-0.3, -0.25) is 4.98 Å². The quantitative estimate of drug-likeness (QED) is 0.881. The van der Waals surface area contributed by atoms with Crippen molar-refractivity contribution in [1.29, 1.82) is 0 Å². The smallest absolute Gasteiger partial charge is 0.351 e. The lowest BCUT2D eigenvalue weighted by atomic mass is 10.4. The molecule has 0 amide bonds. The Kier molecular flexibility index (Phi) is 2.82. The summed E-state index contributed by atoms with van der Waals surface area (Å²) in [6.07, 6.45) is 1.63. The molecular weight excluding hydrogens is 228 g/mol. The van der Waals surface area contributed by atoms with Crippen LogP contribution in [0.4, 0.5) is 0 Å². The number of carbonyl (C=O) groups is 1. The second-order valence-corrected chi connectivity index (χ2v) is 3.88. The van der Waals surface area contributed by atoms with Crippen molar-refractivity contribution >= 4 is 17.3 Å². The molecule has 0 atom stereocenters. The van der Waals surface area contributed by atoms with Crippen LogP contribution in [0.15, 0.2) is 24.4 Å². The maximum atomic E-state index is 10.9. The van der Waals surface area contributed by atoms with Gasteiger partial charge in [0.05, 0.1) is 12.8 Å². The van der Waals surface area contributed by atoms with Gasteiger partial charge in [0.25, 0.3) is 0 Å². The van der Waals surface area contributed by atoms with Gasteiger partial charge in [-0.15, -0.1) is 11.3 Å². The summed E-state index contributed by atoms with van der Waals surface area (Å²) in [7, 11) is 1.39. The summed E-state index contributed by atoms with van der Waals surface area (Å²) >= 11 is 1.05. The predicted molar refractivity (Wildman–Crippen MR) is 58.9 cm³/mol. The molecule has 82 valence electrons. The molecule has 0 radical (unpaired) electrons. The van der Waals surface area contributed by atoms with Crippen LogP contribution < -0.4 is 4.74 Å². The number of thiazole rings is 1. The largest absolute Gasteiger partial charge is 0.480 e. The number of methoxy groups -OCH3 is 1. The molecule has 0 saturated carbocycles. The third-order valence-electron chi connectivity index (χ3n) is 1.87. The minimum Gasteiger partial charge on any atom is -0.480 e. The van der Waals surface area contributed by atoms with E-state index in [4.69, 9.17) is 9.84 Å². The maximum Gasteiger partial charge on any atom is 0.351 e. The molecule has 0 aliphatic heterocycles. The Bertz CT molecular complexity index is 510. The van der Waals surface area contributed by atoms with Crippen LogP contribution in [0.5, 0.6) is 5.88 Å². The first-order chi connectivity index (χ1) is 7.72. The van der Waals surface area contributed by atoms with Crippen LogP contribution >= 0.6 is 11.3 Å². The lowest BCUT2D eigenvalue weighted by molar-refractivity contribution is 0.0698. The Balaban J connectivity index is 2.48. The normalized spacial score (nSPS) is 10.1. The van der Waals surface area contributed by atoms with E-state index in [0.717, 1.165) is 11.3 Å². The Morgan fingerprint density at radius 1 is 1.50 bits per heavy atom. The number of hydrogen-bond donors (Lipinski definition) is 1. The first-order valence-corrected chi connectivity index (χ1v) is 5.23. The number of nitrogens with zero attached hydrogens (tertiary/aromatic N) is 2. The van der Waals surface area contributed by atoms with Crippen molar-refractivity contribution in [1.82, 2.24) is 9.97 Å². The first-order valence-electron chi connectivity index (χ1n) is 4.42. The zero-order chi connectivity index (χ0) is 11.5. The van der Waals surface area contributed by atoms with E-state index in [2.05, 4.69) is 9.97 Å².